The molecule has 2 rings (SSSR count). The van der Waals surface area contributed by atoms with Gasteiger partial charge in [-0.1, -0.05) is 0 Å². The predicted octanol–water partition coefficient (Wildman–Crippen LogP) is 4.04. The van der Waals surface area contributed by atoms with Gasteiger partial charge in [0.25, 0.3) is 0 Å². The molecule has 0 fully saturated rings. The molecule has 0 radical (unpaired) electrons. The summed E-state index contributed by atoms with van der Waals surface area (Å²) in [7, 11) is 0. The van der Waals surface area contributed by atoms with E-state index in [1.165, 1.54) is 5.56 Å². The molecule has 0 amide bonds. The summed E-state index contributed by atoms with van der Waals surface area (Å²) >= 11 is 0. The number of benzene rings is 1. The molecule has 1 atom stereocenters. The minimum absolute atomic E-state index is 0.203. The van der Waals surface area contributed by atoms with E-state index in [2.05, 4.69) is 17.2 Å². The lowest BCUT2D eigenvalue weighted by Crippen LogP contribution is -2.07. The van der Waals surface area contributed by atoms with E-state index in [4.69, 9.17) is 4.74 Å². The fourth-order valence-electron chi connectivity index (χ4n) is 1.89. The Hall–Kier alpha value is -2.03. The molecule has 100 valence electrons. The quantitative estimate of drug-likeness (QED) is 0.876. The highest BCUT2D eigenvalue weighted by Crippen LogP contribution is 2.21. The first kappa shape index (κ1) is 13.4. The van der Waals surface area contributed by atoms with Gasteiger partial charge in [0.1, 0.15) is 5.75 Å². The third-order valence-electron chi connectivity index (χ3n) is 2.82. The minimum Gasteiger partial charge on any atom is -0.491 e. The fourth-order valence-corrected chi connectivity index (χ4v) is 1.89. The molecule has 1 N–H and O–H groups in total. The highest BCUT2D eigenvalue weighted by atomic mass is 16.5. The molecule has 1 aromatic heterocycles. The van der Waals surface area contributed by atoms with E-state index < -0.39 is 0 Å². The van der Waals surface area contributed by atoms with Crippen molar-refractivity contribution in [3.8, 4) is 5.75 Å². The van der Waals surface area contributed by atoms with Gasteiger partial charge in [0.05, 0.1) is 6.10 Å². The van der Waals surface area contributed by atoms with Crippen molar-refractivity contribution in [3.05, 3.63) is 54.4 Å². The van der Waals surface area contributed by atoms with E-state index in [-0.39, 0.29) is 12.1 Å². The standard InChI is InChI=1S/C16H20N2O/c1-12(2)19-16-6-4-15(5-7-16)18-13(3)14-8-10-17-11-9-14/h4-13,18H,1-3H3. The monoisotopic (exact) mass is 256 g/mol. The molecule has 1 unspecified atom stereocenters. The summed E-state index contributed by atoms with van der Waals surface area (Å²) in [6.07, 6.45) is 3.83. The van der Waals surface area contributed by atoms with E-state index in [1.807, 2.05) is 62.6 Å². The molecule has 0 bridgehead atoms. The van der Waals surface area contributed by atoms with Gasteiger partial charge in [0.15, 0.2) is 0 Å². The maximum absolute atomic E-state index is 5.62. The van der Waals surface area contributed by atoms with Crippen LogP contribution in [0.25, 0.3) is 0 Å². The lowest BCUT2D eigenvalue weighted by molar-refractivity contribution is 0.242. The smallest absolute Gasteiger partial charge is 0.119 e. The summed E-state index contributed by atoms with van der Waals surface area (Å²) in [6.45, 7) is 6.18. The Morgan fingerprint density at radius 1 is 0.947 bits per heavy atom. The van der Waals surface area contributed by atoms with E-state index >= 15 is 0 Å². The van der Waals surface area contributed by atoms with Crippen LogP contribution in [-0.4, -0.2) is 11.1 Å². The zero-order chi connectivity index (χ0) is 13.7. The first-order valence-electron chi connectivity index (χ1n) is 6.58. The van der Waals surface area contributed by atoms with Gasteiger partial charge < -0.3 is 10.1 Å². The summed E-state index contributed by atoms with van der Waals surface area (Å²) in [5, 5.41) is 3.46. The number of hydrogen-bond donors (Lipinski definition) is 1. The van der Waals surface area contributed by atoms with Gasteiger partial charge in [-0.15, -0.1) is 0 Å². The summed E-state index contributed by atoms with van der Waals surface area (Å²) in [5.41, 5.74) is 2.30. The van der Waals surface area contributed by atoms with Gasteiger partial charge >= 0.3 is 0 Å². The van der Waals surface area contributed by atoms with Crippen molar-refractivity contribution in [3.63, 3.8) is 0 Å². The molecule has 19 heavy (non-hydrogen) atoms. The molecule has 0 aliphatic rings. The number of ether oxygens (including phenoxy) is 1. The minimum atomic E-state index is 0.203. The van der Waals surface area contributed by atoms with E-state index in [9.17, 15) is 0 Å². The Morgan fingerprint density at radius 3 is 2.16 bits per heavy atom. The van der Waals surface area contributed by atoms with E-state index in [1.54, 1.807) is 0 Å². The van der Waals surface area contributed by atoms with Crippen LogP contribution in [0.5, 0.6) is 5.75 Å². The van der Waals surface area contributed by atoms with Crippen molar-refractivity contribution in [1.29, 1.82) is 0 Å². The van der Waals surface area contributed by atoms with Crippen LogP contribution < -0.4 is 10.1 Å². The van der Waals surface area contributed by atoms with Gasteiger partial charge in [-0.3, -0.25) is 4.98 Å². The predicted molar refractivity (Wildman–Crippen MR) is 78.5 cm³/mol. The molecule has 1 heterocycles. The van der Waals surface area contributed by atoms with Crippen molar-refractivity contribution in [2.24, 2.45) is 0 Å². The van der Waals surface area contributed by atoms with Gasteiger partial charge in [0.2, 0.25) is 0 Å². The molecular formula is C16H20N2O. The fraction of sp³-hybridized carbons (Fsp3) is 0.312. The molecule has 1 aromatic carbocycles. The first-order valence-corrected chi connectivity index (χ1v) is 6.58. The second kappa shape index (κ2) is 6.23. The zero-order valence-electron chi connectivity index (χ0n) is 11.6. The zero-order valence-corrected chi connectivity index (χ0v) is 11.6. The van der Waals surface area contributed by atoms with Crippen molar-refractivity contribution in [1.82, 2.24) is 4.98 Å². The number of pyridine rings is 1. The summed E-state index contributed by atoms with van der Waals surface area (Å²) in [5.74, 6) is 0.900. The highest BCUT2D eigenvalue weighted by molar-refractivity contribution is 5.48. The van der Waals surface area contributed by atoms with Crippen LogP contribution in [0.1, 0.15) is 32.4 Å². The number of hydrogen-bond acceptors (Lipinski definition) is 3. The second-order valence-corrected chi connectivity index (χ2v) is 4.84. The molecular weight excluding hydrogens is 236 g/mol. The lowest BCUT2D eigenvalue weighted by atomic mass is 10.1. The normalized spacial score (nSPS) is 12.2. The average molecular weight is 256 g/mol. The van der Waals surface area contributed by atoms with Crippen LogP contribution in [0.3, 0.4) is 0 Å². The molecule has 0 saturated heterocycles. The number of aromatic nitrogens is 1. The van der Waals surface area contributed by atoms with Crippen LogP contribution in [0.15, 0.2) is 48.8 Å². The van der Waals surface area contributed by atoms with Gasteiger partial charge in [0, 0.05) is 24.1 Å². The van der Waals surface area contributed by atoms with Crippen molar-refractivity contribution < 1.29 is 4.74 Å². The largest absolute Gasteiger partial charge is 0.491 e. The molecule has 3 nitrogen and oxygen atoms in total. The van der Waals surface area contributed by atoms with Crippen LogP contribution in [0.4, 0.5) is 5.69 Å². The lowest BCUT2D eigenvalue weighted by Gasteiger charge is -2.16. The molecule has 0 aliphatic carbocycles. The maximum Gasteiger partial charge on any atom is 0.119 e. The van der Waals surface area contributed by atoms with Crippen molar-refractivity contribution >= 4 is 5.69 Å². The Labute approximate surface area is 114 Å². The SMILES string of the molecule is CC(C)Oc1ccc(NC(C)c2ccncc2)cc1. The third kappa shape index (κ3) is 3.98. The van der Waals surface area contributed by atoms with Gasteiger partial charge in [-0.05, 0) is 62.7 Å². The van der Waals surface area contributed by atoms with Gasteiger partial charge in [-0.2, -0.15) is 0 Å². The number of nitrogens with one attached hydrogen (secondary N) is 1. The third-order valence-corrected chi connectivity index (χ3v) is 2.82. The molecule has 0 saturated carbocycles. The Kier molecular flexibility index (Phi) is 4.39. The van der Waals surface area contributed by atoms with Crippen LogP contribution in [0.2, 0.25) is 0 Å². The summed E-state index contributed by atoms with van der Waals surface area (Å²) in [4.78, 5) is 4.03. The summed E-state index contributed by atoms with van der Waals surface area (Å²) in [6, 6.07) is 12.3. The van der Waals surface area contributed by atoms with E-state index in [0.29, 0.717) is 0 Å². The van der Waals surface area contributed by atoms with Crippen LogP contribution >= 0.6 is 0 Å². The number of anilines is 1. The van der Waals surface area contributed by atoms with E-state index in [0.717, 1.165) is 11.4 Å². The maximum atomic E-state index is 5.62. The van der Waals surface area contributed by atoms with Crippen molar-refractivity contribution in [2.45, 2.75) is 32.9 Å². The topological polar surface area (TPSA) is 34.1 Å². The van der Waals surface area contributed by atoms with Crippen LogP contribution in [-0.2, 0) is 0 Å². The number of nitrogens with zero attached hydrogens (tertiary/aromatic N) is 1. The molecule has 0 aliphatic heterocycles. The summed E-state index contributed by atoms with van der Waals surface area (Å²) < 4.78 is 5.62. The first-order chi connectivity index (χ1) is 9.15. The highest BCUT2D eigenvalue weighted by Gasteiger charge is 2.05. The molecule has 0 spiro atoms. The molecule has 2 aromatic rings. The Morgan fingerprint density at radius 2 is 1.58 bits per heavy atom. The van der Waals surface area contributed by atoms with Gasteiger partial charge in [-0.25, -0.2) is 0 Å². The Balaban J connectivity index is 1.99. The second-order valence-electron chi connectivity index (χ2n) is 4.84. The Bertz CT molecular complexity index is 494. The average Bonchev–Trinajstić information content (AvgIpc) is 2.41. The van der Waals surface area contributed by atoms with Crippen molar-refractivity contribution in [2.75, 3.05) is 5.32 Å². The molecule has 3 heteroatoms. The number of rotatable bonds is 5. The van der Waals surface area contributed by atoms with Crippen LogP contribution in [0, 0.1) is 0 Å².